The van der Waals surface area contributed by atoms with Crippen LogP contribution in [0.3, 0.4) is 0 Å². The van der Waals surface area contributed by atoms with E-state index in [-0.39, 0.29) is 17.0 Å². The van der Waals surface area contributed by atoms with E-state index in [0.29, 0.717) is 11.6 Å². The number of pyridine rings is 1. The lowest BCUT2D eigenvalue weighted by Crippen LogP contribution is -2.29. The van der Waals surface area contributed by atoms with E-state index in [2.05, 4.69) is 12.2 Å². The van der Waals surface area contributed by atoms with Crippen molar-refractivity contribution >= 4 is 11.6 Å². The van der Waals surface area contributed by atoms with Gasteiger partial charge in [-0.1, -0.05) is 25.1 Å². The first kappa shape index (κ1) is 13.6. The summed E-state index contributed by atoms with van der Waals surface area (Å²) in [4.78, 5) is 24.7. The normalized spacial score (nSPS) is 16.6. The van der Waals surface area contributed by atoms with E-state index >= 15 is 0 Å². The molecule has 0 saturated carbocycles. The fourth-order valence-corrected chi connectivity index (χ4v) is 2.94. The number of carbonyl (C=O) groups is 1. The number of nitrogens with zero attached hydrogens (tertiary/aromatic N) is 1. The van der Waals surface area contributed by atoms with E-state index < -0.39 is 0 Å². The molecule has 4 heteroatoms. The van der Waals surface area contributed by atoms with Gasteiger partial charge in [0.2, 0.25) is 0 Å². The monoisotopic (exact) mass is 282 g/mol. The second-order valence-electron chi connectivity index (χ2n) is 5.73. The van der Waals surface area contributed by atoms with Gasteiger partial charge in [0.1, 0.15) is 5.56 Å². The number of anilines is 1. The third-order valence-corrected chi connectivity index (χ3v) is 4.02. The second kappa shape index (κ2) is 5.20. The fourth-order valence-electron chi connectivity index (χ4n) is 2.94. The quantitative estimate of drug-likeness (QED) is 0.919. The van der Waals surface area contributed by atoms with Crippen molar-refractivity contribution in [3.05, 3.63) is 63.6 Å². The smallest absolute Gasteiger partial charge is 0.263 e. The summed E-state index contributed by atoms with van der Waals surface area (Å²) >= 11 is 0. The number of nitrogens with one attached hydrogen (secondary N) is 1. The summed E-state index contributed by atoms with van der Waals surface area (Å²) in [5.74, 6) is 0.183. The summed E-state index contributed by atoms with van der Waals surface area (Å²) in [7, 11) is 1.75. The number of aromatic nitrogens is 1. The van der Waals surface area contributed by atoms with Gasteiger partial charge in [-0.3, -0.25) is 9.59 Å². The zero-order valence-electron chi connectivity index (χ0n) is 12.2. The van der Waals surface area contributed by atoms with Crippen molar-refractivity contribution in [3.8, 4) is 0 Å². The Bertz CT molecular complexity index is 747. The average molecular weight is 282 g/mol. The molecule has 0 bridgehead atoms. The molecule has 1 aromatic heterocycles. The fraction of sp³-hybridized carbons (Fsp3) is 0.294. The maximum atomic E-state index is 12.4. The lowest BCUT2D eigenvalue weighted by Gasteiger charge is -2.10. The molecule has 0 radical (unpaired) electrons. The third kappa shape index (κ3) is 2.49. The number of hydrogen-bond acceptors (Lipinski definition) is 2. The van der Waals surface area contributed by atoms with Crippen LogP contribution in [-0.4, -0.2) is 10.5 Å². The van der Waals surface area contributed by atoms with Gasteiger partial charge >= 0.3 is 0 Å². The number of fused-ring (bicyclic) bond motifs is 1. The largest absolute Gasteiger partial charge is 0.322 e. The average Bonchev–Trinajstić information content (AvgIpc) is 2.85. The lowest BCUT2D eigenvalue weighted by atomic mass is 10.1. The predicted octanol–water partition coefficient (Wildman–Crippen LogP) is 2.37. The molecule has 1 N–H and O–H groups in total. The Labute approximate surface area is 123 Å². The SMILES string of the molecule is C[C@H]1Cc2cc(C(=O)Nc3ccccc3)c(=O)n(C)c2C1. The number of benzene rings is 1. The first-order valence-corrected chi connectivity index (χ1v) is 7.14. The van der Waals surface area contributed by atoms with E-state index in [1.165, 1.54) is 0 Å². The Morgan fingerprint density at radius 2 is 1.95 bits per heavy atom. The van der Waals surface area contributed by atoms with Crippen LogP contribution < -0.4 is 10.9 Å². The number of para-hydroxylation sites is 1. The summed E-state index contributed by atoms with van der Waals surface area (Å²) in [6, 6.07) is 10.9. The minimum atomic E-state index is -0.343. The van der Waals surface area contributed by atoms with E-state index in [0.717, 1.165) is 24.1 Å². The van der Waals surface area contributed by atoms with Crippen LogP contribution in [0.2, 0.25) is 0 Å². The second-order valence-corrected chi connectivity index (χ2v) is 5.73. The Morgan fingerprint density at radius 1 is 1.24 bits per heavy atom. The summed E-state index contributed by atoms with van der Waals surface area (Å²) in [5.41, 5.74) is 2.86. The van der Waals surface area contributed by atoms with Crippen molar-refractivity contribution in [2.45, 2.75) is 19.8 Å². The van der Waals surface area contributed by atoms with Gasteiger partial charge in [0.25, 0.3) is 11.5 Å². The molecule has 3 rings (SSSR count). The van der Waals surface area contributed by atoms with Crippen molar-refractivity contribution in [2.75, 3.05) is 5.32 Å². The highest BCUT2D eigenvalue weighted by atomic mass is 16.2. The van der Waals surface area contributed by atoms with E-state index in [4.69, 9.17) is 0 Å². The first-order valence-electron chi connectivity index (χ1n) is 7.14. The standard InChI is InChI=1S/C17H18N2O2/c1-11-8-12-10-14(17(21)19(2)15(12)9-11)16(20)18-13-6-4-3-5-7-13/h3-7,10-11H,8-9H2,1-2H3,(H,18,20)/t11-/m0/s1. The molecule has 0 aliphatic heterocycles. The van der Waals surface area contributed by atoms with Gasteiger partial charge in [0.15, 0.2) is 0 Å². The molecule has 1 atom stereocenters. The maximum Gasteiger partial charge on any atom is 0.263 e. The molecule has 0 unspecified atom stereocenters. The summed E-state index contributed by atoms with van der Waals surface area (Å²) in [6.07, 6.45) is 1.83. The van der Waals surface area contributed by atoms with Crippen molar-refractivity contribution < 1.29 is 4.79 Å². The number of hydrogen-bond donors (Lipinski definition) is 1. The zero-order valence-corrected chi connectivity index (χ0v) is 12.2. The third-order valence-electron chi connectivity index (χ3n) is 4.02. The van der Waals surface area contributed by atoms with Crippen LogP contribution >= 0.6 is 0 Å². The van der Waals surface area contributed by atoms with Crippen molar-refractivity contribution in [2.24, 2.45) is 13.0 Å². The molecule has 4 nitrogen and oxygen atoms in total. The van der Waals surface area contributed by atoms with Gasteiger partial charge in [0.05, 0.1) is 0 Å². The van der Waals surface area contributed by atoms with Crippen molar-refractivity contribution in [3.63, 3.8) is 0 Å². The highest BCUT2D eigenvalue weighted by molar-refractivity contribution is 6.04. The Kier molecular flexibility index (Phi) is 3.37. The number of rotatable bonds is 2. The highest BCUT2D eigenvalue weighted by Crippen LogP contribution is 2.25. The molecule has 0 spiro atoms. The van der Waals surface area contributed by atoms with E-state index in [1.54, 1.807) is 29.8 Å². The molecule has 21 heavy (non-hydrogen) atoms. The Balaban J connectivity index is 1.96. The summed E-state index contributed by atoms with van der Waals surface area (Å²) in [5, 5.41) is 2.78. The number of amides is 1. The minimum Gasteiger partial charge on any atom is -0.322 e. The minimum absolute atomic E-state index is 0.217. The molecule has 108 valence electrons. The number of carbonyl (C=O) groups excluding carboxylic acids is 1. The van der Waals surface area contributed by atoms with Crippen molar-refractivity contribution in [1.29, 1.82) is 0 Å². The van der Waals surface area contributed by atoms with Crippen LogP contribution in [0, 0.1) is 5.92 Å². The van der Waals surface area contributed by atoms with Crippen LogP contribution in [0.1, 0.15) is 28.5 Å². The highest BCUT2D eigenvalue weighted by Gasteiger charge is 2.24. The first-order chi connectivity index (χ1) is 10.1. The van der Waals surface area contributed by atoms with Gasteiger partial charge in [-0.05, 0) is 42.5 Å². The molecule has 0 fully saturated rings. The van der Waals surface area contributed by atoms with Crippen LogP contribution in [0.25, 0.3) is 0 Å². The predicted molar refractivity (Wildman–Crippen MR) is 82.7 cm³/mol. The maximum absolute atomic E-state index is 12.4. The van der Waals surface area contributed by atoms with E-state index in [1.807, 2.05) is 18.2 Å². The van der Waals surface area contributed by atoms with Crippen LogP contribution in [-0.2, 0) is 19.9 Å². The Hall–Kier alpha value is -2.36. The molecule has 1 aromatic carbocycles. The van der Waals surface area contributed by atoms with E-state index in [9.17, 15) is 9.59 Å². The molecule has 1 heterocycles. The van der Waals surface area contributed by atoms with Crippen LogP contribution in [0.15, 0.2) is 41.2 Å². The van der Waals surface area contributed by atoms with Gasteiger partial charge in [-0.2, -0.15) is 0 Å². The summed E-state index contributed by atoms with van der Waals surface area (Å²) in [6.45, 7) is 2.16. The molecule has 1 aliphatic rings. The van der Waals surface area contributed by atoms with Gasteiger partial charge < -0.3 is 9.88 Å². The molecule has 0 saturated heterocycles. The Morgan fingerprint density at radius 3 is 2.67 bits per heavy atom. The molecule has 1 amide bonds. The van der Waals surface area contributed by atoms with Gasteiger partial charge in [-0.15, -0.1) is 0 Å². The summed E-state index contributed by atoms with van der Waals surface area (Å²) < 4.78 is 1.62. The van der Waals surface area contributed by atoms with Crippen LogP contribution in [0.5, 0.6) is 0 Å². The van der Waals surface area contributed by atoms with Crippen LogP contribution in [0.4, 0.5) is 5.69 Å². The molecular weight excluding hydrogens is 264 g/mol. The lowest BCUT2D eigenvalue weighted by molar-refractivity contribution is 0.102. The van der Waals surface area contributed by atoms with Gasteiger partial charge in [0, 0.05) is 18.4 Å². The molecule has 2 aromatic rings. The zero-order chi connectivity index (χ0) is 15.0. The molecule has 1 aliphatic carbocycles. The van der Waals surface area contributed by atoms with Gasteiger partial charge in [-0.25, -0.2) is 0 Å². The van der Waals surface area contributed by atoms with Crippen molar-refractivity contribution in [1.82, 2.24) is 4.57 Å². The topological polar surface area (TPSA) is 51.1 Å². The molecular formula is C17H18N2O2.